The molecule has 1 unspecified atom stereocenters. The summed E-state index contributed by atoms with van der Waals surface area (Å²) >= 11 is 5.88. The van der Waals surface area contributed by atoms with Gasteiger partial charge in [0.25, 0.3) is 5.91 Å². The fraction of sp³-hybridized carbons (Fsp3) is 0.391. The van der Waals surface area contributed by atoms with Crippen LogP contribution in [0, 0.1) is 0 Å². The van der Waals surface area contributed by atoms with Gasteiger partial charge in [0, 0.05) is 18.1 Å². The van der Waals surface area contributed by atoms with Crippen LogP contribution in [0.2, 0.25) is 5.02 Å². The number of nitrogens with zero attached hydrogens (tertiary/aromatic N) is 1. The van der Waals surface area contributed by atoms with Crippen molar-refractivity contribution in [1.29, 1.82) is 0 Å². The molecule has 0 bridgehead atoms. The Morgan fingerprint density at radius 1 is 1.13 bits per heavy atom. The first-order valence-corrected chi connectivity index (χ1v) is 10.4. The zero-order valence-corrected chi connectivity index (χ0v) is 18.4. The Kier molecular flexibility index (Phi) is 9.48. The van der Waals surface area contributed by atoms with Crippen molar-refractivity contribution >= 4 is 23.4 Å². The molecule has 2 aromatic carbocycles. The van der Waals surface area contributed by atoms with E-state index < -0.39 is 6.04 Å². The minimum Gasteiger partial charge on any atom is -0.497 e. The first-order chi connectivity index (χ1) is 14.4. The Hall–Kier alpha value is -2.73. The van der Waals surface area contributed by atoms with Gasteiger partial charge in [-0.3, -0.25) is 9.59 Å². The molecule has 2 amide bonds. The van der Waals surface area contributed by atoms with Crippen molar-refractivity contribution in [2.75, 3.05) is 20.3 Å². The molecule has 0 radical (unpaired) electrons. The third-order valence-electron chi connectivity index (χ3n) is 4.66. The van der Waals surface area contributed by atoms with Crippen LogP contribution in [0.25, 0.3) is 0 Å². The van der Waals surface area contributed by atoms with Gasteiger partial charge in [-0.05, 0) is 55.3 Å². The molecule has 0 aliphatic carbocycles. The predicted octanol–water partition coefficient (Wildman–Crippen LogP) is 4.06. The lowest BCUT2D eigenvalue weighted by atomic mass is 10.1. The number of ether oxygens (including phenoxy) is 2. The number of amides is 2. The summed E-state index contributed by atoms with van der Waals surface area (Å²) in [4.78, 5) is 27.1. The van der Waals surface area contributed by atoms with Gasteiger partial charge in [-0.1, -0.05) is 37.1 Å². The molecule has 0 aromatic heterocycles. The van der Waals surface area contributed by atoms with Gasteiger partial charge in [0.05, 0.1) is 7.11 Å². The highest BCUT2D eigenvalue weighted by atomic mass is 35.5. The number of unbranched alkanes of at least 4 members (excludes halogenated alkanes) is 1. The van der Waals surface area contributed by atoms with Crippen molar-refractivity contribution in [2.24, 2.45) is 0 Å². The number of hydrogen-bond donors (Lipinski definition) is 1. The number of methoxy groups -OCH3 is 1. The third kappa shape index (κ3) is 7.26. The molecule has 6 nitrogen and oxygen atoms in total. The average molecular weight is 433 g/mol. The summed E-state index contributed by atoms with van der Waals surface area (Å²) in [6, 6.07) is 13.6. The van der Waals surface area contributed by atoms with Crippen LogP contribution < -0.4 is 14.8 Å². The molecule has 1 atom stereocenters. The van der Waals surface area contributed by atoms with Crippen LogP contribution in [-0.4, -0.2) is 43.0 Å². The number of nitrogens with one attached hydrogen (secondary N) is 1. The second kappa shape index (κ2) is 12.1. The normalized spacial score (nSPS) is 11.5. The van der Waals surface area contributed by atoms with Crippen LogP contribution in [0.4, 0.5) is 0 Å². The Balaban J connectivity index is 2.12. The van der Waals surface area contributed by atoms with Gasteiger partial charge in [0.1, 0.15) is 17.5 Å². The molecule has 2 aromatic rings. The quantitative estimate of drug-likeness (QED) is 0.544. The molecule has 162 valence electrons. The highest BCUT2D eigenvalue weighted by molar-refractivity contribution is 6.30. The molecule has 30 heavy (non-hydrogen) atoms. The van der Waals surface area contributed by atoms with Crippen LogP contribution in [-0.2, 0) is 16.1 Å². The maximum Gasteiger partial charge on any atom is 0.261 e. The molecule has 0 saturated carbocycles. The SMILES string of the molecule is CCCCNC(=O)C(C)N(Cc1cccc(OC)c1)C(=O)COc1ccc(Cl)cc1. The largest absolute Gasteiger partial charge is 0.497 e. The fourth-order valence-corrected chi connectivity index (χ4v) is 2.97. The number of halogens is 1. The molecule has 1 N–H and O–H groups in total. The van der Waals surface area contributed by atoms with Crippen LogP contribution in [0.3, 0.4) is 0 Å². The van der Waals surface area contributed by atoms with E-state index in [1.165, 1.54) is 4.90 Å². The van der Waals surface area contributed by atoms with E-state index in [1.807, 2.05) is 24.3 Å². The van der Waals surface area contributed by atoms with Crippen molar-refractivity contribution in [3.63, 3.8) is 0 Å². The third-order valence-corrected chi connectivity index (χ3v) is 4.91. The van der Waals surface area contributed by atoms with Crippen LogP contribution >= 0.6 is 11.6 Å². The van der Waals surface area contributed by atoms with Gasteiger partial charge in [0.15, 0.2) is 6.61 Å². The fourth-order valence-electron chi connectivity index (χ4n) is 2.85. The Morgan fingerprint density at radius 3 is 2.53 bits per heavy atom. The molecule has 0 saturated heterocycles. The van der Waals surface area contributed by atoms with E-state index in [2.05, 4.69) is 12.2 Å². The number of rotatable bonds is 11. The van der Waals surface area contributed by atoms with Crippen molar-refractivity contribution in [2.45, 2.75) is 39.3 Å². The summed E-state index contributed by atoms with van der Waals surface area (Å²) in [5.74, 6) is 0.753. The predicted molar refractivity (Wildman–Crippen MR) is 118 cm³/mol. The second-order valence-electron chi connectivity index (χ2n) is 6.94. The molecule has 0 aliphatic heterocycles. The summed E-state index contributed by atoms with van der Waals surface area (Å²) in [6.07, 6.45) is 1.87. The van der Waals surface area contributed by atoms with Crippen molar-refractivity contribution in [1.82, 2.24) is 10.2 Å². The van der Waals surface area contributed by atoms with E-state index in [0.29, 0.717) is 23.1 Å². The van der Waals surface area contributed by atoms with Crippen molar-refractivity contribution < 1.29 is 19.1 Å². The van der Waals surface area contributed by atoms with Gasteiger partial charge in [-0.2, -0.15) is 0 Å². The average Bonchev–Trinajstić information content (AvgIpc) is 2.76. The van der Waals surface area contributed by atoms with Crippen LogP contribution in [0.1, 0.15) is 32.3 Å². The Bertz CT molecular complexity index is 826. The highest BCUT2D eigenvalue weighted by Gasteiger charge is 2.26. The van der Waals surface area contributed by atoms with E-state index >= 15 is 0 Å². The number of carbonyl (C=O) groups is 2. The van der Waals surface area contributed by atoms with Gasteiger partial charge in [-0.15, -0.1) is 0 Å². The maximum absolute atomic E-state index is 13.0. The standard InChI is InChI=1S/C23H29ClN2O4/c1-4-5-13-25-23(28)17(2)26(15-18-7-6-8-21(14-18)29-3)22(27)16-30-20-11-9-19(24)10-12-20/h6-12,14,17H,4-5,13,15-16H2,1-3H3,(H,25,28). The summed E-state index contributed by atoms with van der Waals surface area (Å²) in [5, 5.41) is 3.48. The van der Waals surface area contributed by atoms with Crippen molar-refractivity contribution in [3.05, 3.63) is 59.1 Å². The van der Waals surface area contributed by atoms with E-state index in [1.54, 1.807) is 38.3 Å². The zero-order chi connectivity index (χ0) is 21.9. The second-order valence-corrected chi connectivity index (χ2v) is 7.37. The summed E-state index contributed by atoms with van der Waals surface area (Å²) < 4.78 is 10.9. The molecule has 0 aliphatic rings. The molecular weight excluding hydrogens is 404 g/mol. The summed E-state index contributed by atoms with van der Waals surface area (Å²) in [6.45, 7) is 4.45. The number of benzene rings is 2. The van der Waals surface area contributed by atoms with Gasteiger partial charge in [0.2, 0.25) is 5.91 Å². The van der Waals surface area contributed by atoms with E-state index in [9.17, 15) is 9.59 Å². The number of hydrogen-bond acceptors (Lipinski definition) is 4. The van der Waals surface area contributed by atoms with E-state index in [0.717, 1.165) is 18.4 Å². The van der Waals surface area contributed by atoms with Crippen LogP contribution in [0.15, 0.2) is 48.5 Å². The zero-order valence-electron chi connectivity index (χ0n) is 17.7. The lowest BCUT2D eigenvalue weighted by molar-refractivity contribution is -0.142. The number of carbonyl (C=O) groups excluding carboxylic acids is 2. The van der Waals surface area contributed by atoms with Crippen LogP contribution in [0.5, 0.6) is 11.5 Å². The maximum atomic E-state index is 13.0. The summed E-state index contributed by atoms with van der Waals surface area (Å²) in [7, 11) is 1.59. The molecular formula is C23H29ClN2O4. The first kappa shape index (κ1) is 23.5. The Morgan fingerprint density at radius 2 is 1.87 bits per heavy atom. The first-order valence-electron chi connectivity index (χ1n) is 10.0. The van der Waals surface area contributed by atoms with Gasteiger partial charge >= 0.3 is 0 Å². The Labute approximate surface area is 183 Å². The minimum atomic E-state index is -0.644. The van der Waals surface area contributed by atoms with E-state index in [4.69, 9.17) is 21.1 Å². The topological polar surface area (TPSA) is 67.9 Å². The molecule has 0 fully saturated rings. The smallest absolute Gasteiger partial charge is 0.261 e. The minimum absolute atomic E-state index is 0.182. The van der Waals surface area contributed by atoms with Crippen molar-refractivity contribution in [3.8, 4) is 11.5 Å². The molecule has 2 rings (SSSR count). The molecule has 0 spiro atoms. The van der Waals surface area contributed by atoms with Gasteiger partial charge in [-0.25, -0.2) is 0 Å². The van der Waals surface area contributed by atoms with Gasteiger partial charge < -0.3 is 19.7 Å². The molecule has 7 heteroatoms. The van der Waals surface area contributed by atoms with E-state index in [-0.39, 0.29) is 25.0 Å². The highest BCUT2D eigenvalue weighted by Crippen LogP contribution is 2.18. The summed E-state index contributed by atoms with van der Waals surface area (Å²) in [5.41, 5.74) is 0.863. The lowest BCUT2D eigenvalue weighted by Gasteiger charge is -2.29. The lowest BCUT2D eigenvalue weighted by Crippen LogP contribution is -2.49. The molecule has 0 heterocycles. The monoisotopic (exact) mass is 432 g/mol.